The van der Waals surface area contributed by atoms with E-state index in [-0.39, 0.29) is 12.5 Å². The predicted molar refractivity (Wildman–Crippen MR) is 86.0 cm³/mol. The van der Waals surface area contributed by atoms with Gasteiger partial charge in [-0.2, -0.15) is 0 Å². The maximum absolute atomic E-state index is 11.9. The lowest BCUT2D eigenvalue weighted by Gasteiger charge is -2.23. The molecule has 0 saturated heterocycles. The molecule has 21 heavy (non-hydrogen) atoms. The molecule has 0 spiro atoms. The van der Waals surface area contributed by atoms with Gasteiger partial charge in [-0.05, 0) is 30.7 Å². The zero-order chi connectivity index (χ0) is 16.0. The highest BCUT2D eigenvalue weighted by Crippen LogP contribution is 2.25. The third-order valence-electron chi connectivity index (χ3n) is 2.74. The van der Waals surface area contributed by atoms with Crippen molar-refractivity contribution in [1.29, 1.82) is 0 Å². The van der Waals surface area contributed by atoms with Crippen molar-refractivity contribution in [3.05, 3.63) is 28.2 Å². The number of hydrogen-bond donors (Lipinski definition) is 1. The van der Waals surface area contributed by atoms with Gasteiger partial charge >= 0.3 is 0 Å². The quantitative estimate of drug-likeness (QED) is 0.725. The standard InChI is InChI=1S/C13H19BrN2O4S/c1-10-8-11(14)4-5-12(10)16(21(3,18)19)9-13(17)15-6-7-20-2/h4-5,8H,6-7,9H2,1-3H3,(H,15,17). The Morgan fingerprint density at radius 3 is 2.62 bits per heavy atom. The molecule has 0 saturated carbocycles. The van der Waals surface area contributed by atoms with E-state index in [1.54, 1.807) is 25.1 Å². The van der Waals surface area contributed by atoms with E-state index in [1.807, 2.05) is 0 Å². The van der Waals surface area contributed by atoms with E-state index in [0.717, 1.165) is 20.6 Å². The van der Waals surface area contributed by atoms with Gasteiger partial charge in [-0.1, -0.05) is 15.9 Å². The van der Waals surface area contributed by atoms with Gasteiger partial charge in [0.2, 0.25) is 15.9 Å². The van der Waals surface area contributed by atoms with Crippen LogP contribution in [0.15, 0.2) is 22.7 Å². The molecular weight excluding hydrogens is 360 g/mol. The third kappa shape index (κ3) is 5.64. The molecule has 0 bridgehead atoms. The maximum atomic E-state index is 11.9. The summed E-state index contributed by atoms with van der Waals surface area (Å²) in [5.74, 6) is -0.375. The number of aryl methyl sites for hydroxylation is 1. The Bertz CT molecular complexity index is 604. The summed E-state index contributed by atoms with van der Waals surface area (Å²) in [5.41, 5.74) is 1.25. The molecule has 0 unspecified atom stereocenters. The van der Waals surface area contributed by atoms with Crippen molar-refractivity contribution in [3.63, 3.8) is 0 Å². The van der Waals surface area contributed by atoms with E-state index in [9.17, 15) is 13.2 Å². The summed E-state index contributed by atoms with van der Waals surface area (Å²) in [4.78, 5) is 11.8. The Morgan fingerprint density at radius 2 is 2.10 bits per heavy atom. The molecule has 1 aromatic rings. The molecule has 8 heteroatoms. The lowest BCUT2D eigenvalue weighted by Crippen LogP contribution is -2.41. The average Bonchev–Trinajstić information content (AvgIpc) is 2.36. The molecule has 0 heterocycles. The van der Waals surface area contributed by atoms with E-state index < -0.39 is 10.0 Å². The van der Waals surface area contributed by atoms with Gasteiger partial charge in [0, 0.05) is 18.1 Å². The number of ether oxygens (including phenoxy) is 1. The van der Waals surface area contributed by atoms with Crippen LogP contribution in [0.25, 0.3) is 0 Å². The van der Waals surface area contributed by atoms with Gasteiger partial charge in [0.1, 0.15) is 6.54 Å². The fraction of sp³-hybridized carbons (Fsp3) is 0.462. The summed E-state index contributed by atoms with van der Waals surface area (Å²) >= 11 is 3.33. The summed E-state index contributed by atoms with van der Waals surface area (Å²) in [6.45, 7) is 2.25. The second-order valence-corrected chi connectivity index (χ2v) is 7.37. The Hall–Kier alpha value is -1.12. The van der Waals surface area contributed by atoms with Crippen molar-refractivity contribution in [2.45, 2.75) is 6.92 Å². The van der Waals surface area contributed by atoms with Crippen molar-refractivity contribution in [1.82, 2.24) is 5.32 Å². The molecule has 0 aliphatic carbocycles. The summed E-state index contributed by atoms with van der Waals surface area (Å²) in [6.07, 6.45) is 1.08. The largest absolute Gasteiger partial charge is 0.383 e. The zero-order valence-electron chi connectivity index (χ0n) is 12.2. The number of carbonyl (C=O) groups is 1. The van der Waals surface area contributed by atoms with Gasteiger partial charge in [0.15, 0.2) is 0 Å². The van der Waals surface area contributed by atoms with Crippen molar-refractivity contribution in [2.24, 2.45) is 0 Å². The summed E-state index contributed by atoms with van der Waals surface area (Å²) in [6, 6.07) is 5.21. The van der Waals surface area contributed by atoms with Crippen LogP contribution in [0.3, 0.4) is 0 Å². The molecule has 1 aromatic carbocycles. The van der Waals surface area contributed by atoms with Gasteiger partial charge in [0.25, 0.3) is 0 Å². The van der Waals surface area contributed by atoms with E-state index >= 15 is 0 Å². The molecule has 0 atom stereocenters. The fourth-order valence-electron chi connectivity index (χ4n) is 1.76. The molecule has 0 aliphatic heterocycles. The molecule has 1 rings (SSSR count). The minimum absolute atomic E-state index is 0.259. The molecule has 0 aromatic heterocycles. The van der Waals surface area contributed by atoms with E-state index in [4.69, 9.17) is 4.74 Å². The molecule has 0 aliphatic rings. The van der Waals surface area contributed by atoms with Crippen molar-refractivity contribution in [3.8, 4) is 0 Å². The number of halogens is 1. The van der Waals surface area contributed by atoms with Crippen LogP contribution in [0.5, 0.6) is 0 Å². The van der Waals surface area contributed by atoms with Crippen LogP contribution in [0.4, 0.5) is 5.69 Å². The van der Waals surface area contributed by atoms with E-state index in [2.05, 4.69) is 21.2 Å². The van der Waals surface area contributed by atoms with Gasteiger partial charge in [-0.3, -0.25) is 9.10 Å². The maximum Gasteiger partial charge on any atom is 0.240 e. The molecule has 1 amide bonds. The number of amides is 1. The van der Waals surface area contributed by atoms with E-state index in [0.29, 0.717) is 18.8 Å². The number of sulfonamides is 1. The SMILES string of the molecule is COCCNC(=O)CN(c1ccc(Br)cc1C)S(C)(=O)=O. The highest BCUT2D eigenvalue weighted by molar-refractivity contribution is 9.10. The van der Waals surface area contributed by atoms with Gasteiger partial charge in [-0.15, -0.1) is 0 Å². The average molecular weight is 379 g/mol. The summed E-state index contributed by atoms with van der Waals surface area (Å²) in [5, 5.41) is 2.61. The first-order valence-electron chi connectivity index (χ1n) is 6.25. The van der Waals surface area contributed by atoms with Crippen LogP contribution in [-0.4, -0.2) is 47.4 Å². The summed E-state index contributed by atoms with van der Waals surface area (Å²) < 4.78 is 30.7. The first kappa shape index (κ1) is 17.9. The highest BCUT2D eigenvalue weighted by Gasteiger charge is 2.22. The Kier molecular flexibility index (Phi) is 6.63. The first-order chi connectivity index (χ1) is 9.75. The second kappa shape index (κ2) is 7.77. The molecule has 118 valence electrons. The van der Waals surface area contributed by atoms with Crippen molar-refractivity contribution < 1.29 is 17.9 Å². The normalized spacial score (nSPS) is 11.2. The fourth-order valence-corrected chi connectivity index (χ4v) is 3.15. The smallest absolute Gasteiger partial charge is 0.240 e. The monoisotopic (exact) mass is 378 g/mol. The topological polar surface area (TPSA) is 75.7 Å². The highest BCUT2D eigenvalue weighted by atomic mass is 79.9. The Balaban J connectivity index is 2.95. The van der Waals surface area contributed by atoms with E-state index in [1.165, 1.54) is 7.11 Å². The zero-order valence-corrected chi connectivity index (χ0v) is 14.6. The van der Waals surface area contributed by atoms with Crippen LogP contribution in [0.2, 0.25) is 0 Å². The number of nitrogens with zero attached hydrogens (tertiary/aromatic N) is 1. The molecule has 1 N–H and O–H groups in total. The summed E-state index contributed by atoms with van der Waals surface area (Å²) in [7, 11) is -2.03. The number of carbonyl (C=O) groups excluding carboxylic acids is 1. The molecule has 0 fully saturated rings. The lowest BCUT2D eigenvalue weighted by atomic mass is 10.2. The van der Waals surface area contributed by atoms with Crippen LogP contribution in [0, 0.1) is 6.92 Å². The third-order valence-corrected chi connectivity index (χ3v) is 4.36. The number of rotatable bonds is 7. The number of nitrogens with one attached hydrogen (secondary N) is 1. The number of benzene rings is 1. The Labute approximate surface area is 133 Å². The van der Waals surface area contributed by atoms with Crippen LogP contribution >= 0.6 is 15.9 Å². The first-order valence-corrected chi connectivity index (χ1v) is 8.89. The number of anilines is 1. The minimum atomic E-state index is -3.55. The van der Waals surface area contributed by atoms with Crippen molar-refractivity contribution >= 4 is 37.5 Å². The van der Waals surface area contributed by atoms with Crippen LogP contribution < -0.4 is 9.62 Å². The molecule has 0 radical (unpaired) electrons. The van der Waals surface area contributed by atoms with Gasteiger partial charge in [0.05, 0.1) is 18.6 Å². The molecular formula is C13H19BrN2O4S. The van der Waals surface area contributed by atoms with Crippen LogP contribution in [0.1, 0.15) is 5.56 Å². The predicted octanol–water partition coefficient (Wildman–Crippen LogP) is 1.29. The number of hydrogen-bond acceptors (Lipinski definition) is 4. The van der Waals surface area contributed by atoms with Crippen molar-refractivity contribution in [2.75, 3.05) is 37.4 Å². The second-order valence-electron chi connectivity index (χ2n) is 4.54. The van der Waals surface area contributed by atoms with Gasteiger partial charge in [-0.25, -0.2) is 8.42 Å². The van der Waals surface area contributed by atoms with Gasteiger partial charge < -0.3 is 10.1 Å². The lowest BCUT2D eigenvalue weighted by molar-refractivity contribution is -0.119. The molecule has 6 nitrogen and oxygen atoms in total. The number of methoxy groups -OCH3 is 1. The van der Waals surface area contributed by atoms with Crippen LogP contribution in [-0.2, 0) is 19.6 Å². The Morgan fingerprint density at radius 1 is 1.43 bits per heavy atom. The minimum Gasteiger partial charge on any atom is -0.383 e.